The summed E-state index contributed by atoms with van der Waals surface area (Å²) in [7, 11) is 1.82. The number of imidazole rings is 1. The highest BCUT2D eigenvalue weighted by molar-refractivity contribution is 5.12. The first kappa shape index (κ1) is 8.66. The Morgan fingerprint density at radius 1 is 1.83 bits per heavy atom. The van der Waals surface area contributed by atoms with Crippen molar-refractivity contribution in [1.82, 2.24) is 14.9 Å². The molecule has 1 aromatic heterocycles. The van der Waals surface area contributed by atoms with Crippen LogP contribution in [0.2, 0.25) is 0 Å². The highest BCUT2D eigenvalue weighted by atomic mass is 16.6. The molecule has 66 valence electrons. The van der Waals surface area contributed by atoms with Crippen molar-refractivity contribution in [3.63, 3.8) is 0 Å². The van der Waals surface area contributed by atoms with Crippen molar-refractivity contribution in [2.45, 2.75) is 6.54 Å². The fourth-order valence-electron chi connectivity index (χ4n) is 0.806. The molecule has 6 nitrogen and oxygen atoms in total. The van der Waals surface area contributed by atoms with E-state index in [1.54, 1.807) is 4.57 Å². The summed E-state index contributed by atoms with van der Waals surface area (Å²) in [5, 5.41) is 13.1. The van der Waals surface area contributed by atoms with E-state index in [9.17, 15) is 10.1 Å². The van der Waals surface area contributed by atoms with Crippen LogP contribution in [0.4, 0.5) is 5.82 Å². The first-order chi connectivity index (χ1) is 5.74. The molecule has 0 bridgehead atoms. The maximum absolute atomic E-state index is 10.2. The molecule has 1 N–H and O–H groups in total. The normalized spacial score (nSPS) is 10.1. The van der Waals surface area contributed by atoms with E-state index >= 15 is 0 Å². The zero-order valence-corrected chi connectivity index (χ0v) is 6.73. The maximum atomic E-state index is 10.2. The molecule has 0 aromatic carbocycles. The van der Waals surface area contributed by atoms with E-state index in [4.69, 9.17) is 0 Å². The van der Waals surface area contributed by atoms with Crippen LogP contribution in [0.3, 0.4) is 0 Å². The molecule has 0 saturated carbocycles. The van der Waals surface area contributed by atoms with Crippen molar-refractivity contribution in [3.8, 4) is 0 Å². The summed E-state index contributed by atoms with van der Waals surface area (Å²) in [6.45, 7) is 1.46. The van der Waals surface area contributed by atoms with E-state index in [-0.39, 0.29) is 5.82 Å². The molecule has 1 rings (SSSR count). The highest BCUT2D eigenvalue weighted by Gasteiger charge is 2.08. The molecule has 0 atom stereocenters. The smallest absolute Gasteiger partial charge is 0.358 e. The number of nitrogens with zero attached hydrogens (tertiary/aromatic N) is 3. The van der Waals surface area contributed by atoms with Crippen LogP contribution in [0.25, 0.3) is 0 Å². The van der Waals surface area contributed by atoms with Crippen LogP contribution in [0.1, 0.15) is 0 Å². The van der Waals surface area contributed by atoms with Gasteiger partial charge in [0.05, 0.1) is 0 Å². The molecule has 1 heterocycles. The third kappa shape index (κ3) is 2.03. The first-order valence-electron chi connectivity index (χ1n) is 3.55. The summed E-state index contributed by atoms with van der Waals surface area (Å²) < 4.78 is 1.68. The lowest BCUT2D eigenvalue weighted by Crippen LogP contribution is -2.13. The van der Waals surface area contributed by atoms with Crippen molar-refractivity contribution in [2.24, 2.45) is 0 Å². The molecule has 0 spiro atoms. The third-order valence-corrected chi connectivity index (χ3v) is 1.43. The second kappa shape index (κ2) is 3.82. The van der Waals surface area contributed by atoms with E-state index < -0.39 is 4.92 Å². The second-order valence-electron chi connectivity index (χ2n) is 2.33. The van der Waals surface area contributed by atoms with Crippen LogP contribution >= 0.6 is 0 Å². The van der Waals surface area contributed by atoms with Gasteiger partial charge in [0.25, 0.3) is 0 Å². The van der Waals surface area contributed by atoms with Crippen molar-refractivity contribution < 1.29 is 4.92 Å². The minimum absolute atomic E-state index is 0.105. The van der Waals surface area contributed by atoms with E-state index in [1.807, 2.05) is 7.05 Å². The van der Waals surface area contributed by atoms with Gasteiger partial charge in [-0.15, -0.1) is 0 Å². The average Bonchev–Trinajstić information content (AvgIpc) is 2.48. The van der Waals surface area contributed by atoms with Gasteiger partial charge >= 0.3 is 5.82 Å². The predicted molar refractivity (Wildman–Crippen MR) is 42.8 cm³/mol. The van der Waals surface area contributed by atoms with E-state index in [0.717, 1.165) is 6.54 Å². The van der Waals surface area contributed by atoms with E-state index in [0.29, 0.717) is 6.54 Å². The van der Waals surface area contributed by atoms with Gasteiger partial charge < -0.3 is 20.0 Å². The Hall–Kier alpha value is -1.43. The fraction of sp³-hybridized carbons (Fsp3) is 0.500. The van der Waals surface area contributed by atoms with Gasteiger partial charge in [-0.1, -0.05) is 0 Å². The molecule has 6 heteroatoms. The Morgan fingerprint density at radius 2 is 2.58 bits per heavy atom. The molecule has 0 radical (unpaired) electrons. The predicted octanol–water partition coefficient (Wildman–Crippen LogP) is 0.0107. The van der Waals surface area contributed by atoms with Crippen molar-refractivity contribution in [1.29, 1.82) is 0 Å². The van der Waals surface area contributed by atoms with Crippen LogP contribution in [-0.2, 0) is 6.54 Å². The van der Waals surface area contributed by atoms with Crippen LogP contribution < -0.4 is 5.32 Å². The zero-order chi connectivity index (χ0) is 8.97. The number of nitro groups is 1. The Labute approximate surface area is 69.4 Å². The summed E-state index contributed by atoms with van der Waals surface area (Å²) in [5.74, 6) is -0.105. The summed E-state index contributed by atoms with van der Waals surface area (Å²) in [5.41, 5.74) is 0. The molecular weight excluding hydrogens is 160 g/mol. The largest absolute Gasteiger partial charge is 0.381 e. The van der Waals surface area contributed by atoms with Gasteiger partial charge in [-0.25, -0.2) is 0 Å². The Kier molecular flexibility index (Phi) is 2.76. The van der Waals surface area contributed by atoms with Crippen molar-refractivity contribution in [3.05, 3.63) is 22.6 Å². The van der Waals surface area contributed by atoms with Crippen LogP contribution in [0.5, 0.6) is 0 Å². The number of hydrogen-bond acceptors (Lipinski definition) is 4. The van der Waals surface area contributed by atoms with Gasteiger partial charge in [-0.3, -0.25) is 0 Å². The SMILES string of the molecule is CNCCn1cnc([N+](=O)[O-])c1. The lowest BCUT2D eigenvalue weighted by molar-refractivity contribution is -0.389. The number of likely N-dealkylation sites (N-methyl/N-ethyl adjacent to an activating group) is 1. The van der Waals surface area contributed by atoms with E-state index in [1.165, 1.54) is 12.5 Å². The van der Waals surface area contributed by atoms with Crippen molar-refractivity contribution in [2.75, 3.05) is 13.6 Å². The monoisotopic (exact) mass is 170 g/mol. The fourth-order valence-corrected chi connectivity index (χ4v) is 0.806. The van der Waals surface area contributed by atoms with Gasteiger partial charge in [0.1, 0.15) is 6.20 Å². The van der Waals surface area contributed by atoms with Gasteiger partial charge in [0.15, 0.2) is 0 Å². The quantitative estimate of drug-likeness (QED) is 0.510. The molecule has 12 heavy (non-hydrogen) atoms. The number of aromatic nitrogens is 2. The second-order valence-corrected chi connectivity index (χ2v) is 2.33. The molecular formula is C6H10N4O2. The molecule has 0 aliphatic heterocycles. The molecule has 0 aliphatic carbocycles. The molecule has 0 aliphatic rings. The lowest BCUT2D eigenvalue weighted by atomic mass is 10.6. The van der Waals surface area contributed by atoms with Gasteiger partial charge in [0, 0.05) is 13.1 Å². The first-order valence-corrected chi connectivity index (χ1v) is 3.55. The van der Waals surface area contributed by atoms with Gasteiger partial charge in [-0.2, -0.15) is 0 Å². The Balaban J connectivity index is 2.58. The topological polar surface area (TPSA) is 73.0 Å². The standard InChI is InChI=1S/C6H10N4O2/c1-7-2-3-9-4-6(8-5-9)10(11)12/h4-5,7H,2-3H2,1H3. The molecule has 0 amide bonds. The number of hydrogen-bond donors (Lipinski definition) is 1. The molecule has 0 fully saturated rings. The summed E-state index contributed by atoms with van der Waals surface area (Å²) >= 11 is 0. The molecule has 0 unspecified atom stereocenters. The maximum Gasteiger partial charge on any atom is 0.381 e. The summed E-state index contributed by atoms with van der Waals surface area (Å²) in [6, 6.07) is 0. The van der Waals surface area contributed by atoms with Crippen LogP contribution in [0.15, 0.2) is 12.5 Å². The Bertz CT molecular complexity index is 270. The minimum atomic E-state index is -0.504. The number of nitrogens with one attached hydrogen (secondary N) is 1. The minimum Gasteiger partial charge on any atom is -0.358 e. The van der Waals surface area contributed by atoms with Gasteiger partial charge in [0.2, 0.25) is 6.33 Å². The average molecular weight is 170 g/mol. The Morgan fingerprint density at radius 3 is 3.08 bits per heavy atom. The van der Waals surface area contributed by atoms with E-state index in [2.05, 4.69) is 10.3 Å². The van der Waals surface area contributed by atoms with Crippen LogP contribution in [-0.4, -0.2) is 28.1 Å². The van der Waals surface area contributed by atoms with Crippen molar-refractivity contribution >= 4 is 5.82 Å². The van der Waals surface area contributed by atoms with Gasteiger partial charge in [-0.05, 0) is 17.0 Å². The third-order valence-electron chi connectivity index (χ3n) is 1.43. The number of rotatable bonds is 4. The van der Waals surface area contributed by atoms with Crippen LogP contribution in [0, 0.1) is 10.1 Å². The lowest BCUT2D eigenvalue weighted by Gasteiger charge is -1.96. The molecule has 0 saturated heterocycles. The summed E-state index contributed by atoms with van der Waals surface area (Å²) in [6.07, 6.45) is 2.87. The summed E-state index contributed by atoms with van der Waals surface area (Å²) in [4.78, 5) is 13.3. The zero-order valence-electron chi connectivity index (χ0n) is 6.73. The highest BCUT2D eigenvalue weighted by Crippen LogP contribution is 2.04. The molecule has 1 aromatic rings.